The van der Waals surface area contributed by atoms with Crippen molar-refractivity contribution in [2.24, 2.45) is 0 Å². The molecule has 0 unspecified atom stereocenters. The van der Waals surface area contributed by atoms with Gasteiger partial charge in [-0.2, -0.15) is 0 Å². The van der Waals surface area contributed by atoms with Gasteiger partial charge >= 0.3 is 35.9 Å². The lowest BCUT2D eigenvalue weighted by Crippen LogP contribution is -2.68. The SMILES string of the molecule is COC(=O)[C@@H](NC(=O)OC(C)(C)C)[C@@H]1O[C@H](OC(C)=O)[C@H](OC(C)=O)[C@H](OC(C)=O)[C@@H]1OC(C)=O. The van der Waals surface area contributed by atoms with Crippen molar-refractivity contribution in [2.45, 2.75) is 90.8 Å². The smallest absolute Gasteiger partial charge is 0.408 e. The van der Waals surface area contributed by atoms with Crippen LogP contribution in [0.4, 0.5) is 4.79 Å². The fourth-order valence-corrected chi connectivity index (χ4v) is 3.17. The molecule has 1 rings (SSSR count). The Kier molecular flexibility index (Phi) is 10.4. The summed E-state index contributed by atoms with van der Waals surface area (Å²) < 4.78 is 36.4. The van der Waals surface area contributed by atoms with Gasteiger partial charge in [-0.05, 0) is 20.8 Å². The number of hydrogen-bond donors (Lipinski definition) is 1. The van der Waals surface area contributed by atoms with Crippen LogP contribution in [0.2, 0.25) is 0 Å². The van der Waals surface area contributed by atoms with Crippen LogP contribution in [0.5, 0.6) is 0 Å². The maximum Gasteiger partial charge on any atom is 0.408 e. The highest BCUT2D eigenvalue weighted by molar-refractivity contribution is 5.82. The highest BCUT2D eigenvalue weighted by atomic mass is 16.7. The molecule has 14 heteroatoms. The van der Waals surface area contributed by atoms with Crippen LogP contribution in [0.25, 0.3) is 0 Å². The summed E-state index contributed by atoms with van der Waals surface area (Å²) >= 11 is 0. The minimum atomic E-state index is -1.73. The van der Waals surface area contributed by atoms with Gasteiger partial charge in [0.05, 0.1) is 7.11 Å². The first-order chi connectivity index (χ1) is 16.0. The molecule has 1 saturated heterocycles. The van der Waals surface area contributed by atoms with Crippen molar-refractivity contribution >= 4 is 35.9 Å². The molecule has 0 aromatic heterocycles. The second kappa shape index (κ2) is 12.3. The number of nitrogens with one attached hydrogen (secondary N) is 1. The number of carbonyl (C=O) groups is 6. The average Bonchev–Trinajstić information content (AvgIpc) is 2.67. The molecular formula is C21H31NO13. The molecule has 198 valence electrons. The van der Waals surface area contributed by atoms with Crippen molar-refractivity contribution in [3.8, 4) is 0 Å². The Balaban J connectivity index is 3.60. The molecule has 1 heterocycles. The van der Waals surface area contributed by atoms with Crippen LogP contribution in [-0.4, -0.2) is 85.4 Å². The molecule has 14 nitrogen and oxygen atoms in total. The Hall–Kier alpha value is -3.42. The van der Waals surface area contributed by atoms with E-state index in [0.717, 1.165) is 34.8 Å². The Labute approximate surface area is 201 Å². The molecule has 0 aromatic carbocycles. The number of hydrogen-bond acceptors (Lipinski definition) is 13. The number of ether oxygens (including phenoxy) is 7. The topological polar surface area (TPSA) is 179 Å². The molecule has 1 N–H and O–H groups in total. The van der Waals surface area contributed by atoms with E-state index in [4.69, 9.17) is 33.2 Å². The summed E-state index contributed by atoms with van der Waals surface area (Å²) in [7, 11) is 1.02. The first-order valence-corrected chi connectivity index (χ1v) is 10.5. The summed E-state index contributed by atoms with van der Waals surface area (Å²) in [5, 5.41) is 2.26. The molecule has 0 aromatic rings. The molecule has 0 aliphatic carbocycles. The molecule has 1 aliphatic rings. The van der Waals surface area contributed by atoms with Gasteiger partial charge in [-0.1, -0.05) is 0 Å². The van der Waals surface area contributed by atoms with Gasteiger partial charge in [-0.15, -0.1) is 0 Å². The van der Waals surface area contributed by atoms with Crippen molar-refractivity contribution in [3.63, 3.8) is 0 Å². The maximum absolute atomic E-state index is 12.6. The predicted molar refractivity (Wildman–Crippen MR) is 112 cm³/mol. The fraction of sp³-hybridized carbons (Fsp3) is 0.714. The van der Waals surface area contributed by atoms with Gasteiger partial charge in [-0.3, -0.25) is 19.2 Å². The molecule has 6 atom stereocenters. The monoisotopic (exact) mass is 505 g/mol. The van der Waals surface area contributed by atoms with Crippen molar-refractivity contribution in [1.29, 1.82) is 0 Å². The van der Waals surface area contributed by atoms with Crippen LogP contribution in [0.1, 0.15) is 48.5 Å². The van der Waals surface area contributed by atoms with E-state index in [9.17, 15) is 28.8 Å². The van der Waals surface area contributed by atoms with Crippen molar-refractivity contribution in [2.75, 3.05) is 7.11 Å². The summed E-state index contributed by atoms with van der Waals surface area (Å²) in [6.07, 6.45) is -9.29. The fourth-order valence-electron chi connectivity index (χ4n) is 3.17. The standard InChI is InChI=1S/C21H31NO13/c1-9(23)30-15-14(13(18(27)29-8)22-20(28)35-21(5,6)7)34-19(33-12(4)26)17(32-11(3)25)16(15)31-10(2)24/h13-17,19H,1-8H3,(H,22,28)/t13-,14-,15+,16+,17+,19-/m0/s1. The van der Waals surface area contributed by atoms with Crippen LogP contribution >= 0.6 is 0 Å². The summed E-state index contributed by atoms with van der Waals surface area (Å²) in [4.78, 5) is 72.3. The average molecular weight is 505 g/mol. The Morgan fingerprint density at radius 1 is 0.743 bits per heavy atom. The molecule has 0 bridgehead atoms. The molecule has 1 aliphatic heterocycles. The lowest BCUT2D eigenvalue weighted by Gasteiger charge is -2.45. The molecule has 1 fully saturated rings. The van der Waals surface area contributed by atoms with Gasteiger partial charge in [0.25, 0.3) is 0 Å². The number of rotatable bonds is 7. The van der Waals surface area contributed by atoms with Crippen molar-refractivity contribution in [3.05, 3.63) is 0 Å². The van der Waals surface area contributed by atoms with Crippen LogP contribution < -0.4 is 5.32 Å². The molecular weight excluding hydrogens is 474 g/mol. The molecule has 0 spiro atoms. The quantitative estimate of drug-likeness (QED) is 0.365. The van der Waals surface area contributed by atoms with Crippen LogP contribution in [-0.2, 0) is 57.1 Å². The molecule has 0 saturated carbocycles. The minimum Gasteiger partial charge on any atom is -0.467 e. The van der Waals surface area contributed by atoms with E-state index in [0.29, 0.717) is 0 Å². The van der Waals surface area contributed by atoms with E-state index in [1.54, 1.807) is 20.8 Å². The largest absolute Gasteiger partial charge is 0.467 e. The van der Waals surface area contributed by atoms with Gasteiger partial charge in [0.1, 0.15) is 11.7 Å². The van der Waals surface area contributed by atoms with E-state index < -0.39 is 78.3 Å². The highest BCUT2D eigenvalue weighted by Crippen LogP contribution is 2.31. The first-order valence-electron chi connectivity index (χ1n) is 10.5. The van der Waals surface area contributed by atoms with Crippen LogP contribution in [0, 0.1) is 0 Å². The van der Waals surface area contributed by atoms with Crippen LogP contribution in [0.15, 0.2) is 0 Å². The normalized spacial score (nSPS) is 24.7. The zero-order valence-corrected chi connectivity index (χ0v) is 20.8. The van der Waals surface area contributed by atoms with Gasteiger partial charge in [0.15, 0.2) is 18.2 Å². The highest BCUT2D eigenvalue weighted by Gasteiger charge is 2.57. The number of alkyl carbamates (subject to hydrolysis) is 1. The summed E-state index contributed by atoms with van der Waals surface area (Å²) in [6.45, 7) is 8.84. The number of esters is 5. The Morgan fingerprint density at radius 3 is 1.63 bits per heavy atom. The van der Waals surface area contributed by atoms with E-state index in [1.165, 1.54) is 0 Å². The second-order valence-corrected chi connectivity index (χ2v) is 8.45. The summed E-state index contributed by atoms with van der Waals surface area (Å²) in [5.41, 5.74) is -0.950. The Morgan fingerprint density at radius 2 is 1.20 bits per heavy atom. The number of methoxy groups -OCH3 is 1. The number of amides is 1. The van der Waals surface area contributed by atoms with E-state index in [2.05, 4.69) is 5.32 Å². The van der Waals surface area contributed by atoms with E-state index in [-0.39, 0.29) is 0 Å². The van der Waals surface area contributed by atoms with Crippen LogP contribution in [0.3, 0.4) is 0 Å². The van der Waals surface area contributed by atoms with Crippen molar-refractivity contribution in [1.82, 2.24) is 5.32 Å². The van der Waals surface area contributed by atoms with E-state index in [1.807, 2.05) is 0 Å². The summed E-state index contributed by atoms with van der Waals surface area (Å²) in [6, 6.07) is -1.71. The lowest BCUT2D eigenvalue weighted by molar-refractivity contribution is -0.299. The second-order valence-electron chi connectivity index (χ2n) is 8.45. The van der Waals surface area contributed by atoms with Gasteiger partial charge in [0, 0.05) is 27.7 Å². The summed E-state index contributed by atoms with van der Waals surface area (Å²) in [5.74, 6) is -4.60. The third-order valence-corrected chi connectivity index (χ3v) is 4.18. The third-order valence-electron chi connectivity index (χ3n) is 4.18. The van der Waals surface area contributed by atoms with Gasteiger partial charge < -0.3 is 38.5 Å². The third kappa shape index (κ3) is 9.39. The minimum absolute atomic E-state index is 0.871. The lowest BCUT2D eigenvalue weighted by atomic mass is 9.93. The van der Waals surface area contributed by atoms with Gasteiger partial charge in [0.2, 0.25) is 12.4 Å². The molecule has 35 heavy (non-hydrogen) atoms. The van der Waals surface area contributed by atoms with Gasteiger partial charge in [-0.25, -0.2) is 9.59 Å². The van der Waals surface area contributed by atoms with Crippen molar-refractivity contribution < 1.29 is 61.9 Å². The first kappa shape index (κ1) is 29.6. The molecule has 1 amide bonds. The predicted octanol–water partition coefficient (Wildman–Crippen LogP) is 0.136. The number of carbonyl (C=O) groups excluding carboxylic acids is 6. The zero-order chi connectivity index (χ0) is 27.1. The Bertz CT molecular complexity index is 834. The maximum atomic E-state index is 12.6. The van der Waals surface area contributed by atoms with E-state index >= 15 is 0 Å². The zero-order valence-electron chi connectivity index (χ0n) is 20.8. The molecule has 0 radical (unpaired) electrons.